The Hall–Kier alpha value is -2.53. The molecular weight excluding hydrogens is 338 g/mol. The van der Waals surface area contributed by atoms with Gasteiger partial charge in [-0.25, -0.2) is 0 Å². The number of anilines is 3. The maximum atomic E-state index is 12.2. The van der Waals surface area contributed by atoms with Crippen molar-refractivity contribution in [2.45, 2.75) is 20.3 Å². The molecule has 5 nitrogen and oxygen atoms in total. The Morgan fingerprint density at radius 2 is 2.00 bits per heavy atom. The second-order valence-electron chi connectivity index (χ2n) is 6.13. The number of nitrogens with one attached hydrogen (secondary N) is 2. The van der Waals surface area contributed by atoms with Crippen LogP contribution in [0.3, 0.4) is 0 Å². The average molecular weight is 358 g/mol. The summed E-state index contributed by atoms with van der Waals surface area (Å²) in [6, 6.07) is 11.1. The van der Waals surface area contributed by atoms with Crippen LogP contribution < -0.4 is 15.5 Å². The molecule has 1 heterocycles. The number of amides is 2. The van der Waals surface area contributed by atoms with Crippen LogP contribution in [-0.2, 0) is 16.0 Å². The molecule has 25 heavy (non-hydrogen) atoms. The molecule has 0 aliphatic carbocycles. The van der Waals surface area contributed by atoms with Gasteiger partial charge in [-0.2, -0.15) is 0 Å². The first kappa shape index (κ1) is 17.3. The fourth-order valence-electron chi connectivity index (χ4n) is 3.01. The van der Waals surface area contributed by atoms with E-state index in [-0.39, 0.29) is 18.4 Å². The van der Waals surface area contributed by atoms with Crippen LogP contribution in [0.2, 0.25) is 5.02 Å². The summed E-state index contributed by atoms with van der Waals surface area (Å²) in [6.07, 6.45) is 0.806. The van der Waals surface area contributed by atoms with Gasteiger partial charge in [0.1, 0.15) is 0 Å². The summed E-state index contributed by atoms with van der Waals surface area (Å²) < 4.78 is 0. The smallest absolute Gasteiger partial charge is 0.243 e. The lowest BCUT2D eigenvalue weighted by molar-refractivity contribution is -0.116. The van der Waals surface area contributed by atoms with E-state index < -0.39 is 0 Å². The van der Waals surface area contributed by atoms with Crippen LogP contribution in [0.1, 0.15) is 18.1 Å². The predicted octanol–water partition coefficient (Wildman–Crippen LogP) is 3.61. The molecule has 1 aliphatic heterocycles. The van der Waals surface area contributed by atoms with Crippen LogP contribution in [0.25, 0.3) is 0 Å². The summed E-state index contributed by atoms with van der Waals surface area (Å²) in [4.78, 5) is 25.5. The third kappa shape index (κ3) is 3.94. The van der Waals surface area contributed by atoms with Crippen molar-refractivity contribution in [2.75, 3.05) is 28.6 Å². The summed E-state index contributed by atoms with van der Waals surface area (Å²) in [6.45, 7) is 4.36. The van der Waals surface area contributed by atoms with Crippen molar-refractivity contribution in [3.05, 3.63) is 52.5 Å². The number of nitrogens with zero attached hydrogens (tertiary/aromatic N) is 1. The minimum Gasteiger partial charge on any atom is -0.376 e. The van der Waals surface area contributed by atoms with Gasteiger partial charge in [-0.05, 0) is 60.9 Å². The normalized spacial score (nSPS) is 12.7. The van der Waals surface area contributed by atoms with E-state index in [1.165, 1.54) is 0 Å². The first-order chi connectivity index (χ1) is 11.9. The number of rotatable bonds is 4. The van der Waals surface area contributed by atoms with Crippen LogP contribution in [0, 0.1) is 6.92 Å². The lowest BCUT2D eigenvalue weighted by Crippen LogP contribution is -2.25. The van der Waals surface area contributed by atoms with E-state index in [1.807, 2.05) is 37.3 Å². The highest BCUT2D eigenvalue weighted by atomic mass is 35.5. The zero-order valence-corrected chi connectivity index (χ0v) is 15.0. The van der Waals surface area contributed by atoms with Crippen LogP contribution >= 0.6 is 11.6 Å². The molecule has 0 bridgehead atoms. The minimum absolute atomic E-state index is 0.0399. The topological polar surface area (TPSA) is 61.4 Å². The van der Waals surface area contributed by atoms with E-state index in [1.54, 1.807) is 17.9 Å². The predicted molar refractivity (Wildman–Crippen MR) is 101 cm³/mol. The molecule has 0 spiro atoms. The highest BCUT2D eigenvalue weighted by molar-refractivity contribution is 6.30. The molecule has 130 valence electrons. The van der Waals surface area contributed by atoms with Crippen molar-refractivity contribution in [1.29, 1.82) is 0 Å². The van der Waals surface area contributed by atoms with Gasteiger partial charge in [0.05, 0.1) is 6.54 Å². The van der Waals surface area contributed by atoms with E-state index in [9.17, 15) is 9.59 Å². The second-order valence-corrected chi connectivity index (χ2v) is 6.56. The molecular formula is C19H20ClN3O2. The van der Waals surface area contributed by atoms with E-state index in [2.05, 4.69) is 10.6 Å². The molecule has 0 radical (unpaired) electrons. The van der Waals surface area contributed by atoms with Gasteiger partial charge in [0.15, 0.2) is 0 Å². The van der Waals surface area contributed by atoms with Gasteiger partial charge in [-0.3, -0.25) is 9.59 Å². The van der Waals surface area contributed by atoms with Gasteiger partial charge in [0, 0.05) is 35.6 Å². The van der Waals surface area contributed by atoms with Crippen LogP contribution in [0.5, 0.6) is 0 Å². The van der Waals surface area contributed by atoms with Crippen molar-refractivity contribution in [1.82, 2.24) is 0 Å². The summed E-state index contributed by atoms with van der Waals surface area (Å²) in [7, 11) is 0. The number of carbonyl (C=O) groups is 2. The number of aryl methyl sites for hydroxylation is 1. The molecule has 0 aromatic heterocycles. The van der Waals surface area contributed by atoms with Gasteiger partial charge >= 0.3 is 0 Å². The Morgan fingerprint density at radius 1 is 1.20 bits per heavy atom. The van der Waals surface area contributed by atoms with Crippen LogP contribution in [0.4, 0.5) is 17.1 Å². The van der Waals surface area contributed by atoms with E-state index in [0.29, 0.717) is 11.6 Å². The molecule has 0 unspecified atom stereocenters. The number of halogens is 1. The van der Waals surface area contributed by atoms with E-state index in [0.717, 1.165) is 34.6 Å². The van der Waals surface area contributed by atoms with E-state index >= 15 is 0 Å². The first-order valence-electron chi connectivity index (χ1n) is 8.15. The third-order valence-corrected chi connectivity index (χ3v) is 4.50. The van der Waals surface area contributed by atoms with E-state index in [4.69, 9.17) is 11.6 Å². The summed E-state index contributed by atoms with van der Waals surface area (Å²) >= 11 is 5.93. The Morgan fingerprint density at radius 3 is 2.72 bits per heavy atom. The molecule has 2 aromatic carbocycles. The Bertz CT molecular complexity index is 835. The van der Waals surface area contributed by atoms with Crippen LogP contribution in [-0.4, -0.2) is 24.9 Å². The molecule has 0 saturated heterocycles. The van der Waals surface area contributed by atoms with Crippen LogP contribution in [0.15, 0.2) is 36.4 Å². The van der Waals surface area contributed by atoms with Crippen molar-refractivity contribution in [3.63, 3.8) is 0 Å². The monoisotopic (exact) mass is 357 g/mol. The molecule has 0 fully saturated rings. The highest BCUT2D eigenvalue weighted by Crippen LogP contribution is 2.30. The van der Waals surface area contributed by atoms with Gasteiger partial charge in [-0.1, -0.05) is 11.6 Å². The fraction of sp³-hybridized carbons (Fsp3) is 0.263. The number of carbonyl (C=O) groups excluding carboxylic acids is 2. The standard InChI is InChI=1S/C19H20ClN3O2/c1-12-9-15(20)3-5-17(12)21-11-19(25)22-16-4-6-18-14(10-16)7-8-23(18)13(2)24/h3-6,9-10,21H,7-8,11H2,1-2H3,(H,22,25). The molecule has 0 atom stereocenters. The van der Waals surface area contributed by atoms with Crippen molar-refractivity contribution in [3.8, 4) is 0 Å². The maximum absolute atomic E-state index is 12.2. The highest BCUT2D eigenvalue weighted by Gasteiger charge is 2.22. The lowest BCUT2D eigenvalue weighted by atomic mass is 10.1. The Balaban J connectivity index is 1.61. The summed E-state index contributed by atoms with van der Waals surface area (Å²) in [5.74, 6) is -0.0891. The molecule has 2 aromatic rings. The molecule has 0 saturated carbocycles. The van der Waals surface area contributed by atoms with Gasteiger partial charge in [0.25, 0.3) is 0 Å². The largest absolute Gasteiger partial charge is 0.376 e. The van der Waals surface area contributed by atoms with Crippen molar-refractivity contribution < 1.29 is 9.59 Å². The molecule has 1 aliphatic rings. The molecule has 3 rings (SSSR count). The van der Waals surface area contributed by atoms with Crippen molar-refractivity contribution >= 4 is 40.5 Å². The third-order valence-electron chi connectivity index (χ3n) is 4.27. The van der Waals surface area contributed by atoms with Crippen molar-refractivity contribution in [2.24, 2.45) is 0 Å². The molecule has 2 amide bonds. The van der Waals surface area contributed by atoms with Gasteiger partial charge in [0.2, 0.25) is 11.8 Å². The maximum Gasteiger partial charge on any atom is 0.243 e. The number of fused-ring (bicyclic) bond motifs is 1. The number of benzene rings is 2. The quantitative estimate of drug-likeness (QED) is 0.878. The van der Waals surface area contributed by atoms with Gasteiger partial charge < -0.3 is 15.5 Å². The molecule has 6 heteroatoms. The molecule has 2 N–H and O–H groups in total. The van der Waals surface area contributed by atoms with Gasteiger partial charge in [-0.15, -0.1) is 0 Å². The lowest BCUT2D eigenvalue weighted by Gasteiger charge is -2.15. The Kier molecular flexibility index (Phi) is 4.95. The first-order valence-corrected chi connectivity index (χ1v) is 8.53. The summed E-state index contributed by atoms with van der Waals surface area (Å²) in [5.41, 5.74) is 4.62. The number of hydrogen-bond donors (Lipinski definition) is 2. The zero-order valence-electron chi connectivity index (χ0n) is 14.2. The fourth-order valence-corrected chi connectivity index (χ4v) is 3.24. The Labute approximate surface area is 152 Å². The number of hydrogen-bond acceptors (Lipinski definition) is 3. The zero-order chi connectivity index (χ0) is 18.0. The summed E-state index contributed by atoms with van der Waals surface area (Å²) in [5, 5.41) is 6.67. The second kappa shape index (κ2) is 7.15. The average Bonchev–Trinajstić information content (AvgIpc) is 2.97. The SMILES string of the molecule is CC(=O)N1CCc2cc(NC(=O)CNc3ccc(Cl)cc3C)ccc21. The minimum atomic E-state index is -0.129.